The Kier molecular flexibility index (Phi) is 5.50. The molecule has 0 aliphatic heterocycles. The minimum absolute atomic E-state index is 0.00550. The van der Waals surface area contributed by atoms with Crippen LogP contribution in [-0.2, 0) is 4.79 Å². The Labute approximate surface area is 138 Å². The number of halogens is 1. The van der Waals surface area contributed by atoms with Crippen molar-refractivity contribution in [1.29, 1.82) is 0 Å². The molecule has 0 spiro atoms. The number of amides is 1. The first-order valence-corrected chi connectivity index (χ1v) is 7.91. The van der Waals surface area contributed by atoms with Gasteiger partial charge in [-0.1, -0.05) is 28.1 Å². The fourth-order valence-electron chi connectivity index (χ4n) is 2.04. The van der Waals surface area contributed by atoms with Crippen molar-refractivity contribution in [3.05, 3.63) is 63.6 Å². The van der Waals surface area contributed by atoms with Gasteiger partial charge in [0.05, 0.1) is 0 Å². The van der Waals surface area contributed by atoms with Crippen LogP contribution in [0, 0.1) is 13.8 Å². The molecule has 0 aliphatic rings. The minimum Gasteiger partial charge on any atom is -0.326 e. The van der Waals surface area contributed by atoms with Crippen molar-refractivity contribution in [2.24, 2.45) is 0 Å². The molecule has 2 aromatic carbocycles. The molecule has 1 N–H and O–H groups in total. The Morgan fingerprint density at radius 1 is 0.955 bits per heavy atom. The zero-order valence-corrected chi connectivity index (χ0v) is 14.2. The molecule has 0 radical (unpaired) electrons. The Hall–Kier alpha value is -1.94. The van der Waals surface area contributed by atoms with Gasteiger partial charge in [0.1, 0.15) is 0 Å². The highest BCUT2D eigenvalue weighted by atomic mass is 79.9. The Morgan fingerprint density at radius 3 is 2.27 bits per heavy atom. The number of benzene rings is 2. The summed E-state index contributed by atoms with van der Waals surface area (Å²) < 4.78 is 0.954. The summed E-state index contributed by atoms with van der Waals surface area (Å²) in [7, 11) is 0. The van der Waals surface area contributed by atoms with E-state index in [1.807, 2.05) is 56.3 Å². The monoisotopic (exact) mass is 359 g/mol. The average Bonchev–Trinajstić information content (AvgIpc) is 2.50. The van der Waals surface area contributed by atoms with Crippen LogP contribution in [-0.4, -0.2) is 11.7 Å². The number of rotatable bonds is 5. The van der Waals surface area contributed by atoms with E-state index in [1.165, 1.54) is 0 Å². The van der Waals surface area contributed by atoms with E-state index in [0.29, 0.717) is 5.56 Å². The van der Waals surface area contributed by atoms with Crippen molar-refractivity contribution in [2.45, 2.75) is 26.7 Å². The number of carbonyl (C=O) groups is 2. The molecule has 0 fully saturated rings. The van der Waals surface area contributed by atoms with Gasteiger partial charge in [-0.25, -0.2) is 0 Å². The number of ketones is 1. The summed E-state index contributed by atoms with van der Waals surface area (Å²) in [6.45, 7) is 3.99. The zero-order chi connectivity index (χ0) is 16.1. The van der Waals surface area contributed by atoms with Gasteiger partial charge in [0, 0.05) is 28.6 Å². The third-order valence-electron chi connectivity index (χ3n) is 3.54. The molecule has 0 aromatic heterocycles. The van der Waals surface area contributed by atoms with Crippen LogP contribution in [0.3, 0.4) is 0 Å². The van der Waals surface area contributed by atoms with Gasteiger partial charge in [-0.2, -0.15) is 0 Å². The largest absolute Gasteiger partial charge is 0.326 e. The van der Waals surface area contributed by atoms with Crippen LogP contribution in [0.4, 0.5) is 5.69 Å². The molecule has 0 aliphatic carbocycles. The van der Waals surface area contributed by atoms with E-state index >= 15 is 0 Å². The molecule has 0 saturated carbocycles. The van der Waals surface area contributed by atoms with Crippen molar-refractivity contribution >= 4 is 33.3 Å². The van der Waals surface area contributed by atoms with E-state index in [1.54, 1.807) is 0 Å². The second kappa shape index (κ2) is 7.36. The summed E-state index contributed by atoms with van der Waals surface area (Å²) in [6.07, 6.45) is 0.396. The summed E-state index contributed by atoms with van der Waals surface area (Å²) in [5.74, 6) is -0.159. The van der Waals surface area contributed by atoms with Gasteiger partial charge in [0.2, 0.25) is 5.91 Å². The van der Waals surface area contributed by atoms with Crippen molar-refractivity contribution in [3.63, 3.8) is 0 Å². The fraction of sp³-hybridized carbons (Fsp3) is 0.222. The maximum Gasteiger partial charge on any atom is 0.224 e. The van der Waals surface area contributed by atoms with Crippen molar-refractivity contribution in [3.8, 4) is 0 Å². The molecule has 114 valence electrons. The summed E-state index contributed by atoms with van der Waals surface area (Å²) >= 11 is 3.34. The second-order valence-electron chi connectivity index (χ2n) is 5.28. The first kappa shape index (κ1) is 16.4. The molecule has 3 nitrogen and oxygen atoms in total. The number of hydrogen-bond donors (Lipinski definition) is 1. The van der Waals surface area contributed by atoms with Gasteiger partial charge in [-0.3, -0.25) is 9.59 Å². The van der Waals surface area contributed by atoms with Crippen LogP contribution in [0.15, 0.2) is 46.9 Å². The third-order valence-corrected chi connectivity index (χ3v) is 4.06. The van der Waals surface area contributed by atoms with Crippen molar-refractivity contribution in [2.75, 3.05) is 5.32 Å². The standard InChI is InChI=1S/C18H18BrNO2/c1-12-3-4-14(11-13(12)2)17(21)9-10-18(22)20-16-7-5-15(19)6-8-16/h3-8,11H,9-10H2,1-2H3,(H,20,22). The number of aryl methyl sites for hydroxylation is 2. The topological polar surface area (TPSA) is 46.2 Å². The summed E-state index contributed by atoms with van der Waals surface area (Å²) in [4.78, 5) is 24.0. The van der Waals surface area contributed by atoms with Crippen LogP contribution in [0.5, 0.6) is 0 Å². The van der Waals surface area contributed by atoms with E-state index in [0.717, 1.165) is 21.3 Å². The van der Waals surface area contributed by atoms with Gasteiger partial charge in [-0.15, -0.1) is 0 Å². The number of anilines is 1. The normalized spacial score (nSPS) is 10.3. The predicted molar refractivity (Wildman–Crippen MR) is 92.3 cm³/mol. The minimum atomic E-state index is -0.153. The average molecular weight is 360 g/mol. The van der Waals surface area contributed by atoms with Crippen LogP contribution in [0.1, 0.15) is 34.3 Å². The molecule has 0 atom stereocenters. The summed E-state index contributed by atoms with van der Waals surface area (Å²) in [6, 6.07) is 13.0. The smallest absolute Gasteiger partial charge is 0.224 e. The number of hydrogen-bond acceptors (Lipinski definition) is 2. The number of nitrogens with one attached hydrogen (secondary N) is 1. The molecule has 0 unspecified atom stereocenters. The first-order chi connectivity index (χ1) is 10.5. The lowest BCUT2D eigenvalue weighted by Gasteiger charge is -2.06. The molecule has 0 heterocycles. The second-order valence-corrected chi connectivity index (χ2v) is 6.19. The molecule has 2 rings (SSSR count). The summed E-state index contributed by atoms with van der Waals surface area (Å²) in [5.41, 5.74) is 3.64. The van der Waals surface area contributed by atoms with E-state index in [-0.39, 0.29) is 24.5 Å². The Morgan fingerprint density at radius 2 is 1.64 bits per heavy atom. The molecule has 4 heteroatoms. The molecule has 22 heavy (non-hydrogen) atoms. The van der Waals surface area contributed by atoms with Gasteiger partial charge in [-0.05, 0) is 55.3 Å². The van der Waals surface area contributed by atoms with Crippen LogP contribution in [0.2, 0.25) is 0 Å². The molecule has 2 aromatic rings. The zero-order valence-electron chi connectivity index (χ0n) is 12.7. The first-order valence-electron chi connectivity index (χ1n) is 7.11. The SMILES string of the molecule is Cc1ccc(C(=O)CCC(=O)Nc2ccc(Br)cc2)cc1C. The lowest BCUT2D eigenvalue weighted by Crippen LogP contribution is -2.13. The molecule has 0 bridgehead atoms. The Balaban J connectivity index is 1.88. The predicted octanol–water partition coefficient (Wildman–Crippen LogP) is 4.67. The van der Waals surface area contributed by atoms with Crippen LogP contribution < -0.4 is 5.32 Å². The highest BCUT2D eigenvalue weighted by Crippen LogP contribution is 2.15. The Bertz CT molecular complexity index is 693. The highest BCUT2D eigenvalue weighted by molar-refractivity contribution is 9.10. The number of carbonyl (C=O) groups excluding carboxylic acids is 2. The third kappa shape index (κ3) is 4.53. The van der Waals surface area contributed by atoms with Crippen molar-refractivity contribution < 1.29 is 9.59 Å². The number of Topliss-reactive ketones (excluding diaryl/α,β-unsaturated/α-hetero) is 1. The van der Waals surface area contributed by atoms with E-state index in [4.69, 9.17) is 0 Å². The van der Waals surface area contributed by atoms with E-state index < -0.39 is 0 Å². The van der Waals surface area contributed by atoms with Gasteiger partial charge >= 0.3 is 0 Å². The van der Waals surface area contributed by atoms with Gasteiger partial charge in [0.25, 0.3) is 0 Å². The molecule has 0 saturated heterocycles. The maximum absolute atomic E-state index is 12.1. The lowest BCUT2D eigenvalue weighted by atomic mass is 10.0. The van der Waals surface area contributed by atoms with Gasteiger partial charge in [0.15, 0.2) is 5.78 Å². The molecule has 1 amide bonds. The van der Waals surface area contributed by atoms with Gasteiger partial charge < -0.3 is 5.32 Å². The quantitative estimate of drug-likeness (QED) is 0.788. The molecular formula is C18H18BrNO2. The van der Waals surface area contributed by atoms with Crippen LogP contribution >= 0.6 is 15.9 Å². The lowest BCUT2D eigenvalue weighted by molar-refractivity contribution is -0.116. The van der Waals surface area contributed by atoms with Crippen molar-refractivity contribution in [1.82, 2.24) is 0 Å². The highest BCUT2D eigenvalue weighted by Gasteiger charge is 2.10. The maximum atomic E-state index is 12.1. The van der Waals surface area contributed by atoms with E-state index in [2.05, 4.69) is 21.2 Å². The van der Waals surface area contributed by atoms with E-state index in [9.17, 15) is 9.59 Å². The molecular weight excluding hydrogens is 342 g/mol. The summed E-state index contributed by atoms with van der Waals surface area (Å²) in [5, 5.41) is 2.78. The van der Waals surface area contributed by atoms with Crippen LogP contribution in [0.25, 0.3) is 0 Å². The fourth-order valence-corrected chi connectivity index (χ4v) is 2.31.